The molecule has 0 atom stereocenters. The number of nitrogens with two attached hydrogens (primary N) is 1. The van der Waals surface area contributed by atoms with E-state index in [2.05, 4.69) is 9.97 Å². The highest BCUT2D eigenvalue weighted by Gasteiger charge is 2.21. The number of nitrogens with one attached hydrogen (secondary N) is 1. The quantitative estimate of drug-likeness (QED) is 0.373. The highest BCUT2D eigenvalue weighted by molar-refractivity contribution is 5.83. The third-order valence-corrected chi connectivity index (χ3v) is 5.27. The van der Waals surface area contributed by atoms with E-state index >= 15 is 8.78 Å². The maximum atomic E-state index is 15.2. The molecule has 0 saturated carbocycles. The zero-order valence-corrected chi connectivity index (χ0v) is 16.7. The fraction of sp³-hybridized carbons (Fsp3) is 0. The van der Waals surface area contributed by atoms with E-state index in [1.54, 1.807) is 6.07 Å². The number of halogens is 4. The van der Waals surface area contributed by atoms with Crippen LogP contribution in [0.3, 0.4) is 0 Å². The van der Waals surface area contributed by atoms with Gasteiger partial charge in [0.1, 0.15) is 34.9 Å². The van der Waals surface area contributed by atoms with Gasteiger partial charge in [-0.25, -0.2) is 22.5 Å². The second kappa shape index (κ2) is 7.63. The number of aromatic nitrogens is 3. The van der Waals surface area contributed by atoms with Crippen molar-refractivity contribution in [1.82, 2.24) is 14.4 Å². The second-order valence-electron chi connectivity index (χ2n) is 7.35. The normalized spacial score (nSPS) is 11.3. The van der Waals surface area contributed by atoms with Crippen molar-refractivity contribution >= 4 is 11.3 Å². The number of aromatic amines is 1. The Morgan fingerprint density at radius 1 is 0.879 bits per heavy atom. The third kappa shape index (κ3) is 3.43. The van der Waals surface area contributed by atoms with Gasteiger partial charge in [-0.15, -0.1) is 0 Å². The molecular formula is C24H14F4N4O. The Labute approximate surface area is 183 Å². The van der Waals surface area contributed by atoms with Crippen LogP contribution in [-0.4, -0.2) is 14.4 Å². The van der Waals surface area contributed by atoms with Crippen molar-refractivity contribution in [2.24, 2.45) is 0 Å². The number of pyridine rings is 2. The van der Waals surface area contributed by atoms with Crippen LogP contribution in [0.5, 0.6) is 0 Å². The number of hydrogen-bond acceptors (Lipinski definition) is 3. The first-order chi connectivity index (χ1) is 15.8. The molecule has 0 aliphatic rings. The Hall–Kier alpha value is -4.40. The van der Waals surface area contributed by atoms with Gasteiger partial charge in [-0.2, -0.15) is 0 Å². The lowest BCUT2D eigenvalue weighted by Gasteiger charge is -2.14. The molecule has 0 radical (unpaired) electrons. The van der Waals surface area contributed by atoms with Gasteiger partial charge in [-0.3, -0.25) is 4.79 Å². The molecule has 0 aliphatic carbocycles. The summed E-state index contributed by atoms with van der Waals surface area (Å²) < 4.78 is 59.6. The summed E-state index contributed by atoms with van der Waals surface area (Å²) in [6.45, 7) is 0. The first-order valence-corrected chi connectivity index (χ1v) is 9.73. The Bertz CT molecular complexity index is 1580. The van der Waals surface area contributed by atoms with Crippen LogP contribution in [0.25, 0.3) is 39.3 Å². The van der Waals surface area contributed by atoms with Crippen molar-refractivity contribution in [3.63, 3.8) is 0 Å². The molecule has 164 valence electrons. The van der Waals surface area contributed by atoms with Crippen LogP contribution in [0.15, 0.2) is 71.8 Å². The summed E-state index contributed by atoms with van der Waals surface area (Å²) in [4.78, 5) is 19.4. The largest absolute Gasteiger partial charge is 0.384 e. The Balaban J connectivity index is 1.76. The lowest BCUT2D eigenvalue weighted by Crippen LogP contribution is -2.11. The number of H-pyrrole nitrogens is 1. The molecule has 5 nitrogen and oxygen atoms in total. The second-order valence-corrected chi connectivity index (χ2v) is 7.35. The predicted molar refractivity (Wildman–Crippen MR) is 116 cm³/mol. The summed E-state index contributed by atoms with van der Waals surface area (Å²) in [5, 5.41) is 0. The summed E-state index contributed by atoms with van der Waals surface area (Å²) in [5.41, 5.74) is 4.78. The summed E-state index contributed by atoms with van der Waals surface area (Å²) in [7, 11) is 0. The van der Waals surface area contributed by atoms with Crippen molar-refractivity contribution in [3.8, 4) is 33.8 Å². The Morgan fingerprint density at radius 3 is 2.30 bits per heavy atom. The highest BCUT2D eigenvalue weighted by Crippen LogP contribution is 2.33. The lowest BCUT2D eigenvalue weighted by atomic mass is 10.00. The Morgan fingerprint density at radius 2 is 1.64 bits per heavy atom. The number of fused-ring (bicyclic) bond motifs is 1. The minimum atomic E-state index is -0.983. The third-order valence-electron chi connectivity index (χ3n) is 5.27. The van der Waals surface area contributed by atoms with Gasteiger partial charge in [0.05, 0.1) is 28.5 Å². The topological polar surface area (TPSA) is 76.2 Å². The van der Waals surface area contributed by atoms with Gasteiger partial charge >= 0.3 is 0 Å². The van der Waals surface area contributed by atoms with Crippen LogP contribution in [-0.2, 0) is 0 Å². The standard InChI is InChI=1S/C24H14F4N4O/c25-13-4-5-14(15(26)10-13)18-2-1-3-19-23(20(33)6-7-32(18)19)22-16(27)8-12(9-17(22)28)24-30-11-21(29)31-24/h1-11H,29H2,(H,30,31). The molecule has 0 amide bonds. The molecule has 3 aromatic heterocycles. The molecule has 2 aromatic carbocycles. The molecule has 5 rings (SSSR count). The Kier molecular flexibility index (Phi) is 4.74. The van der Waals surface area contributed by atoms with E-state index in [4.69, 9.17) is 5.73 Å². The van der Waals surface area contributed by atoms with Gasteiger partial charge in [0.15, 0.2) is 5.43 Å². The van der Waals surface area contributed by atoms with E-state index in [1.165, 1.54) is 35.0 Å². The minimum Gasteiger partial charge on any atom is -0.384 e. The van der Waals surface area contributed by atoms with Crippen LogP contribution >= 0.6 is 0 Å². The van der Waals surface area contributed by atoms with E-state index in [0.717, 1.165) is 30.3 Å². The molecule has 0 unspecified atom stereocenters. The summed E-state index contributed by atoms with van der Waals surface area (Å²) in [6.07, 6.45) is 2.68. The number of imidazole rings is 1. The molecule has 33 heavy (non-hydrogen) atoms. The van der Waals surface area contributed by atoms with E-state index in [1.807, 2.05) is 0 Å². The van der Waals surface area contributed by atoms with Gasteiger partial charge < -0.3 is 15.1 Å². The molecule has 9 heteroatoms. The number of nitrogens with zero attached hydrogens (tertiary/aromatic N) is 2. The number of benzene rings is 2. The zero-order chi connectivity index (χ0) is 23.3. The van der Waals surface area contributed by atoms with Crippen LogP contribution < -0.4 is 11.2 Å². The lowest BCUT2D eigenvalue weighted by molar-refractivity contribution is 0.585. The smallest absolute Gasteiger partial charge is 0.190 e. The highest BCUT2D eigenvalue weighted by atomic mass is 19.1. The number of anilines is 1. The van der Waals surface area contributed by atoms with E-state index in [0.29, 0.717) is 0 Å². The molecular weight excluding hydrogens is 436 g/mol. The van der Waals surface area contributed by atoms with Gasteiger partial charge in [0, 0.05) is 29.5 Å². The first kappa shape index (κ1) is 20.5. The maximum Gasteiger partial charge on any atom is 0.190 e. The molecule has 0 fully saturated rings. The van der Waals surface area contributed by atoms with Gasteiger partial charge in [-0.05, 0) is 36.4 Å². The van der Waals surface area contributed by atoms with Gasteiger partial charge in [0.2, 0.25) is 0 Å². The molecule has 0 bridgehead atoms. The fourth-order valence-corrected chi connectivity index (χ4v) is 3.84. The van der Waals surface area contributed by atoms with E-state index in [9.17, 15) is 13.6 Å². The van der Waals surface area contributed by atoms with E-state index in [-0.39, 0.29) is 39.5 Å². The van der Waals surface area contributed by atoms with Crippen LogP contribution in [0, 0.1) is 23.3 Å². The van der Waals surface area contributed by atoms with Crippen LogP contribution in [0.1, 0.15) is 0 Å². The average molecular weight is 450 g/mol. The van der Waals surface area contributed by atoms with Crippen molar-refractivity contribution in [2.45, 2.75) is 0 Å². The fourth-order valence-electron chi connectivity index (χ4n) is 3.84. The predicted octanol–water partition coefficient (Wildman–Crippen LogP) is 5.16. The first-order valence-electron chi connectivity index (χ1n) is 9.73. The maximum absolute atomic E-state index is 15.2. The molecule has 0 saturated heterocycles. The summed E-state index contributed by atoms with van der Waals surface area (Å²) in [6, 6.07) is 10.9. The van der Waals surface area contributed by atoms with Gasteiger partial charge in [-0.1, -0.05) is 6.07 Å². The van der Waals surface area contributed by atoms with Crippen molar-refractivity contribution in [2.75, 3.05) is 5.73 Å². The average Bonchev–Trinajstić information content (AvgIpc) is 3.21. The zero-order valence-electron chi connectivity index (χ0n) is 16.7. The number of nitrogen functional groups attached to an aromatic ring is 1. The minimum absolute atomic E-state index is 0.0586. The number of rotatable bonds is 3. The summed E-state index contributed by atoms with van der Waals surface area (Å²) >= 11 is 0. The molecule has 3 N–H and O–H groups in total. The molecule has 5 aromatic rings. The number of hydrogen-bond donors (Lipinski definition) is 2. The van der Waals surface area contributed by atoms with E-state index < -0.39 is 34.3 Å². The van der Waals surface area contributed by atoms with Crippen molar-refractivity contribution in [1.29, 1.82) is 0 Å². The van der Waals surface area contributed by atoms with Gasteiger partial charge in [0.25, 0.3) is 0 Å². The van der Waals surface area contributed by atoms with Crippen LogP contribution in [0.2, 0.25) is 0 Å². The SMILES string of the molecule is Nc1cnc(-c2cc(F)c(-c3c(=O)ccn4c(-c5ccc(F)cc5F)cccc34)c(F)c2)[nH]1. The molecule has 0 aliphatic heterocycles. The molecule has 0 spiro atoms. The monoisotopic (exact) mass is 450 g/mol. The van der Waals surface area contributed by atoms with Crippen molar-refractivity contribution in [3.05, 3.63) is 100 Å². The molecule has 3 heterocycles. The van der Waals surface area contributed by atoms with Crippen molar-refractivity contribution < 1.29 is 17.6 Å². The van der Waals surface area contributed by atoms with Crippen LogP contribution in [0.4, 0.5) is 23.4 Å². The summed E-state index contributed by atoms with van der Waals surface area (Å²) in [5.74, 6) is -3.14.